The van der Waals surface area contributed by atoms with Gasteiger partial charge in [-0.1, -0.05) is 13.3 Å². The first-order valence-corrected chi connectivity index (χ1v) is 8.48. The predicted molar refractivity (Wildman–Crippen MR) is 85.7 cm³/mol. The zero-order valence-corrected chi connectivity index (χ0v) is 14.1. The van der Waals surface area contributed by atoms with Gasteiger partial charge in [0.1, 0.15) is 0 Å². The smallest absolute Gasteiger partial charge is 0.0960 e. The van der Waals surface area contributed by atoms with Crippen molar-refractivity contribution in [3.63, 3.8) is 0 Å². The maximum absolute atomic E-state index is 9.39. The van der Waals surface area contributed by atoms with E-state index in [-0.39, 0.29) is 12.1 Å². The van der Waals surface area contributed by atoms with E-state index in [2.05, 4.69) is 40.1 Å². The summed E-state index contributed by atoms with van der Waals surface area (Å²) in [5.41, 5.74) is -0.130. The molecule has 1 unspecified atom stereocenters. The molecule has 0 fully saturated rings. The molecule has 0 saturated carbocycles. The van der Waals surface area contributed by atoms with E-state index >= 15 is 0 Å². The highest BCUT2D eigenvalue weighted by Crippen LogP contribution is 2.20. The minimum atomic E-state index is -0.130. The Hall–Kier alpha value is -0.100. The number of unbranched alkanes of at least 4 members (excludes halogenated alkanes) is 1. The number of nitrogens with zero attached hydrogens (tertiary/aromatic N) is 1. The molecular weight excluding hydrogens is 324 g/mol. The van der Waals surface area contributed by atoms with Gasteiger partial charge in [-0.05, 0) is 60.1 Å². The third kappa shape index (κ3) is 6.75. The van der Waals surface area contributed by atoms with Crippen LogP contribution in [0.25, 0.3) is 0 Å². The lowest BCUT2D eigenvalue weighted by atomic mass is 9.96. The minimum Gasteiger partial charge on any atom is -0.394 e. The maximum Gasteiger partial charge on any atom is 0.0960 e. The van der Waals surface area contributed by atoms with Crippen molar-refractivity contribution in [1.82, 2.24) is 10.3 Å². The maximum atomic E-state index is 9.39. The van der Waals surface area contributed by atoms with Gasteiger partial charge >= 0.3 is 0 Å². The number of thioether (sulfide) groups is 1. The molecule has 0 aromatic carbocycles. The zero-order valence-electron chi connectivity index (χ0n) is 11.7. The fourth-order valence-corrected chi connectivity index (χ4v) is 2.98. The van der Waals surface area contributed by atoms with Crippen molar-refractivity contribution in [3.05, 3.63) is 22.8 Å². The molecule has 108 valence electrons. The van der Waals surface area contributed by atoms with Crippen LogP contribution < -0.4 is 5.32 Å². The van der Waals surface area contributed by atoms with Gasteiger partial charge in [0, 0.05) is 16.2 Å². The average molecular weight is 347 g/mol. The number of likely N-dealkylation sites (N-methyl/N-ethyl adjacent to an activating group) is 1. The SMILES string of the molecule is CCNC(C)(CO)CCCCSc1ccc(Br)cn1. The van der Waals surface area contributed by atoms with Crippen LogP contribution >= 0.6 is 27.7 Å². The molecule has 1 heterocycles. The Balaban J connectivity index is 2.18. The average Bonchev–Trinajstić information content (AvgIpc) is 2.41. The lowest BCUT2D eigenvalue weighted by Gasteiger charge is -2.28. The lowest BCUT2D eigenvalue weighted by Crippen LogP contribution is -2.45. The summed E-state index contributed by atoms with van der Waals surface area (Å²) in [4.78, 5) is 4.33. The van der Waals surface area contributed by atoms with Gasteiger partial charge in [-0.2, -0.15) is 0 Å². The lowest BCUT2D eigenvalue weighted by molar-refractivity contribution is 0.165. The number of halogens is 1. The predicted octanol–water partition coefficient (Wildman–Crippen LogP) is 3.47. The Labute approximate surface area is 128 Å². The molecule has 1 rings (SSSR count). The number of nitrogens with one attached hydrogen (secondary N) is 1. The van der Waals surface area contributed by atoms with E-state index < -0.39 is 0 Å². The van der Waals surface area contributed by atoms with Crippen LogP contribution in [-0.4, -0.2) is 34.5 Å². The Kier molecular flexibility index (Phi) is 7.99. The second-order valence-electron chi connectivity index (χ2n) is 4.87. The highest BCUT2D eigenvalue weighted by molar-refractivity contribution is 9.10. The van der Waals surface area contributed by atoms with E-state index in [1.165, 1.54) is 0 Å². The number of hydrogen-bond donors (Lipinski definition) is 2. The van der Waals surface area contributed by atoms with E-state index in [0.29, 0.717) is 0 Å². The number of hydrogen-bond acceptors (Lipinski definition) is 4. The number of pyridine rings is 1. The largest absolute Gasteiger partial charge is 0.394 e. The summed E-state index contributed by atoms with van der Waals surface area (Å²) in [6.07, 6.45) is 5.10. The summed E-state index contributed by atoms with van der Waals surface area (Å²) in [5.74, 6) is 1.07. The molecule has 0 aliphatic carbocycles. The summed E-state index contributed by atoms with van der Waals surface area (Å²) < 4.78 is 1.02. The Morgan fingerprint density at radius 3 is 2.79 bits per heavy atom. The third-order valence-corrected chi connectivity index (χ3v) is 4.52. The van der Waals surface area contributed by atoms with Gasteiger partial charge in [-0.25, -0.2) is 4.98 Å². The van der Waals surface area contributed by atoms with Gasteiger partial charge in [0.15, 0.2) is 0 Å². The fourth-order valence-electron chi connectivity index (χ4n) is 1.89. The van der Waals surface area contributed by atoms with Crippen LogP contribution in [0, 0.1) is 0 Å². The number of aliphatic hydroxyl groups excluding tert-OH is 1. The standard InChI is InChI=1S/C14H23BrN2OS/c1-3-17-14(2,11-18)8-4-5-9-19-13-7-6-12(15)10-16-13/h6-7,10,17-18H,3-5,8-9,11H2,1-2H3. The molecule has 0 aliphatic heterocycles. The molecule has 3 nitrogen and oxygen atoms in total. The first kappa shape index (κ1) is 17.0. The highest BCUT2D eigenvalue weighted by atomic mass is 79.9. The molecule has 0 aliphatic rings. The van der Waals surface area contributed by atoms with Gasteiger partial charge in [-0.3, -0.25) is 0 Å². The summed E-state index contributed by atoms with van der Waals surface area (Å²) in [6.45, 7) is 5.25. The molecule has 5 heteroatoms. The molecule has 0 bridgehead atoms. The molecule has 0 spiro atoms. The molecule has 1 aromatic heterocycles. The van der Waals surface area contributed by atoms with Crippen LogP contribution in [0.4, 0.5) is 0 Å². The van der Waals surface area contributed by atoms with E-state index in [1.54, 1.807) is 11.8 Å². The van der Waals surface area contributed by atoms with Gasteiger partial charge in [-0.15, -0.1) is 11.8 Å². The third-order valence-electron chi connectivity index (χ3n) is 3.03. The molecule has 0 saturated heterocycles. The van der Waals surface area contributed by atoms with Crippen LogP contribution in [-0.2, 0) is 0 Å². The van der Waals surface area contributed by atoms with E-state index in [0.717, 1.165) is 41.1 Å². The molecule has 0 amide bonds. The van der Waals surface area contributed by atoms with Crippen LogP contribution in [0.3, 0.4) is 0 Å². The van der Waals surface area contributed by atoms with E-state index in [9.17, 15) is 5.11 Å². The molecule has 2 N–H and O–H groups in total. The van der Waals surface area contributed by atoms with E-state index in [4.69, 9.17) is 0 Å². The first-order chi connectivity index (χ1) is 9.09. The number of rotatable bonds is 9. The Morgan fingerprint density at radius 2 is 2.21 bits per heavy atom. The normalized spacial score (nSPS) is 14.3. The van der Waals surface area contributed by atoms with Crippen molar-refractivity contribution in [3.8, 4) is 0 Å². The number of aromatic nitrogens is 1. The van der Waals surface area contributed by atoms with Crippen molar-refractivity contribution in [2.45, 2.75) is 43.7 Å². The second-order valence-corrected chi connectivity index (χ2v) is 6.90. The van der Waals surface area contributed by atoms with Crippen LogP contribution in [0.5, 0.6) is 0 Å². The topological polar surface area (TPSA) is 45.1 Å². The first-order valence-electron chi connectivity index (χ1n) is 6.70. The molecule has 1 atom stereocenters. The second kappa shape index (κ2) is 8.95. The van der Waals surface area contributed by atoms with Crippen molar-refractivity contribution in [2.75, 3.05) is 18.9 Å². The molecule has 19 heavy (non-hydrogen) atoms. The van der Waals surface area contributed by atoms with Gasteiger partial charge in [0.2, 0.25) is 0 Å². The Morgan fingerprint density at radius 1 is 1.42 bits per heavy atom. The summed E-state index contributed by atoms with van der Waals surface area (Å²) in [7, 11) is 0. The monoisotopic (exact) mass is 346 g/mol. The van der Waals surface area contributed by atoms with Gasteiger partial charge < -0.3 is 10.4 Å². The van der Waals surface area contributed by atoms with Crippen molar-refractivity contribution in [2.24, 2.45) is 0 Å². The van der Waals surface area contributed by atoms with Crippen LogP contribution in [0.2, 0.25) is 0 Å². The summed E-state index contributed by atoms with van der Waals surface area (Å²) >= 11 is 5.17. The quantitative estimate of drug-likeness (QED) is 0.530. The van der Waals surface area contributed by atoms with Gasteiger partial charge in [0.25, 0.3) is 0 Å². The minimum absolute atomic E-state index is 0.130. The molecular formula is C14H23BrN2OS. The van der Waals surface area contributed by atoms with Crippen LogP contribution in [0.1, 0.15) is 33.1 Å². The fraction of sp³-hybridized carbons (Fsp3) is 0.643. The van der Waals surface area contributed by atoms with Crippen molar-refractivity contribution in [1.29, 1.82) is 0 Å². The van der Waals surface area contributed by atoms with Crippen molar-refractivity contribution >= 4 is 27.7 Å². The van der Waals surface area contributed by atoms with E-state index in [1.807, 2.05) is 18.3 Å². The zero-order chi connectivity index (χ0) is 14.1. The van der Waals surface area contributed by atoms with Gasteiger partial charge in [0.05, 0.1) is 11.6 Å². The van der Waals surface area contributed by atoms with Crippen LogP contribution in [0.15, 0.2) is 27.8 Å². The van der Waals surface area contributed by atoms with Crippen molar-refractivity contribution < 1.29 is 5.11 Å². The summed E-state index contributed by atoms with van der Waals surface area (Å²) in [6, 6.07) is 4.05. The summed E-state index contributed by atoms with van der Waals surface area (Å²) in [5, 5.41) is 13.8. The number of aliphatic hydroxyl groups is 1. The Bertz CT molecular complexity index is 361. The highest BCUT2D eigenvalue weighted by Gasteiger charge is 2.20. The molecule has 1 aromatic rings. The molecule has 0 radical (unpaired) electrons.